The predicted molar refractivity (Wildman–Crippen MR) is 52.1 cm³/mol. The van der Waals surface area contributed by atoms with Crippen LogP contribution in [0.1, 0.15) is 0 Å². The van der Waals surface area contributed by atoms with E-state index in [-0.39, 0.29) is 0 Å². The van der Waals surface area contributed by atoms with Crippen LogP contribution in [0.15, 0.2) is 23.1 Å². The number of alkyl halides is 2. The number of aromatic nitrogens is 1. The van der Waals surface area contributed by atoms with Crippen LogP contribution in [0, 0.1) is 0 Å². The highest BCUT2D eigenvalue weighted by Crippen LogP contribution is 1.97. The van der Waals surface area contributed by atoms with Crippen molar-refractivity contribution < 1.29 is 18.3 Å². The molecule has 0 saturated heterocycles. The van der Waals surface area contributed by atoms with Gasteiger partial charge in [0.2, 0.25) is 0 Å². The Morgan fingerprint density at radius 3 is 2.81 bits per heavy atom. The van der Waals surface area contributed by atoms with Crippen molar-refractivity contribution in [3.8, 4) is 0 Å². The third-order valence-electron chi connectivity index (χ3n) is 1.68. The number of hydrogen-bond acceptors (Lipinski definition) is 4. The number of nitrogens with zero attached hydrogens (tertiary/aromatic N) is 1. The maximum absolute atomic E-state index is 11.7. The fourth-order valence-corrected chi connectivity index (χ4v) is 1.01. The molecule has 0 aliphatic rings. The van der Waals surface area contributed by atoms with Gasteiger partial charge in [-0.25, -0.2) is 8.78 Å². The second-order valence-electron chi connectivity index (χ2n) is 3.00. The Balaban J connectivity index is 2.62. The van der Waals surface area contributed by atoms with Gasteiger partial charge in [-0.3, -0.25) is 9.59 Å². The van der Waals surface area contributed by atoms with Crippen LogP contribution in [0.3, 0.4) is 0 Å². The van der Waals surface area contributed by atoms with E-state index in [9.17, 15) is 18.4 Å². The van der Waals surface area contributed by atoms with Crippen molar-refractivity contribution >= 4 is 11.7 Å². The van der Waals surface area contributed by atoms with Gasteiger partial charge in [-0.15, -0.1) is 0 Å². The number of ether oxygens (including phenoxy) is 1. The molecule has 0 amide bonds. The van der Waals surface area contributed by atoms with E-state index in [1.807, 2.05) is 0 Å². The molecule has 0 aliphatic carbocycles. The number of esters is 1. The predicted octanol–water partition coefficient (Wildman–Crippen LogP) is 0.239. The van der Waals surface area contributed by atoms with Crippen LogP contribution in [0.4, 0.5) is 14.5 Å². The zero-order valence-electron chi connectivity index (χ0n) is 8.23. The highest BCUT2D eigenvalue weighted by atomic mass is 19.3. The standard InChI is InChI=1S/C9H10F2N2O3/c10-7(11)5-16-9(15)4-13-3-6(12)1-2-8(13)14/h1-3,7H,4-5,12H2. The van der Waals surface area contributed by atoms with Gasteiger partial charge in [0.15, 0.2) is 6.61 Å². The zero-order valence-corrected chi connectivity index (χ0v) is 8.23. The molecule has 88 valence electrons. The number of rotatable bonds is 4. The van der Waals surface area contributed by atoms with E-state index in [4.69, 9.17) is 5.73 Å². The van der Waals surface area contributed by atoms with E-state index in [1.165, 1.54) is 18.3 Å². The fraction of sp³-hybridized carbons (Fsp3) is 0.333. The Kier molecular flexibility index (Phi) is 3.98. The number of carbonyl (C=O) groups excluding carboxylic acids is 1. The first kappa shape index (κ1) is 12.2. The van der Waals surface area contributed by atoms with Crippen LogP contribution in [0.25, 0.3) is 0 Å². The van der Waals surface area contributed by atoms with Gasteiger partial charge in [0.25, 0.3) is 12.0 Å². The molecule has 0 radical (unpaired) electrons. The van der Waals surface area contributed by atoms with Crippen LogP contribution in [-0.4, -0.2) is 23.6 Å². The van der Waals surface area contributed by atoms with Crippen LogP contribution in [0.2, 0.25) is 0 Å². The number of halogens is 2. The lowest BCUT2D eigenvalue weighted by molar-refractivity contribution is -0.148. The van der Waals surface area contributed by atoms with Crippen molar-refractivity contribution in [1.82, 2.24) is 4.57 Å². The van der Waals surface area contributed by atoms with Gasteiger partial charge in [0.1, 0.15) is 6.54 Å². The van der Waals surface area contributed by atoms with Gasteiger partial charge in [-0.2, -0.15) is 0 Å². The quantitative estimate of drug-likeness (QED) is 0.754. The number of nitrogen functional groups attached to an aromatic ring is 1. The van der Waals surface area contributed by atoms with E-state index < -0.39 is 31.1 Å². The first-order chi connectivity index (χ1) is 7.49. The maximum Gasteiger partial charge on any atom is 0.326 e. The lowest BCUT2D eigenvalue weighted by atomic mass is 10.4. The lowest BCUT2D eigenvalue weighted by Gasteiger charge is -2.06. The average molecular weight is 232 g/mol. The number of anilines is 1. The lowest BCUT2D eigenvalue weighted by Crippen LogP contribution is -2.25. The van der Waals surface area contributed by atoms with Crippen molar-refractivity contribution in [2.24, 2.45) is 0 Å². The molecule has 5 nitrogen and oxygen atoms in total. The van der Waals surface area contributed by atoms with Gasteiger partial charge in [0, 0.05) is 18.0 Å². The molecule has 0 fully saturated rings. The van der Waals surface area contributed by atoms with Gasteiger partial charge < -0.3 is 15.0 Å². The Morgan fingerprint density at radius 2 is 2.19 bits per heavy atom. The normalized spacial score (nSPS) is 10.4. The van der Waals surface area contributed by atoms with E-state index in [2.05, 4.69) is 4.74 Å². The molecule has 1 aromatic rings. The first-order valence-electron chi connectivity index (χ1n) is 4.39. The number of nitrogens with two attached hydrogens (primary N) is 1. The van der Waals surface area contributed by atoms with Crippen LogP contribution in [0.5, 0.6) is 0 Å². The Morgan fingerprint density at radius 1 is 1.50 bits per heavy atom. The molecule has 0 bridgehead atoms. The van der Waals surface area contributed by atoms with Crippen molar-refractivity contribution in [2.75, 3.05) is 12.3 Å². The third kappa shape index (κ3) is 3.68. The van der Waals surface area contributed by atoms with Crippen LogP contribution in [-0.2, 0) is 16.1 Å². The average Bonchev–Trinajstić information content (AvgIpc) is 2.20. The number of carbonyl (C=O) groups is 1. The largest absolute Gasteiger partial charge is 0.458 e. The molecule has 0 aliphatic heterocycles. The van der Waals surface area contributed by atoms with Gasteiger partial charge in [0.05, 0.1) is 0 Å². The summed E-state index contributed by atoms with van der Waals surface area (Å²) in [7, 11) is 0. The molecule has 1 aromatic heterocycles. The minimum Gasteiger partial charge on any atom is -0.458 e. The SMILES string of the molecule is Nc1ccc(=O)n(CC(=O)OCC(F)F)c1. The van der Waals surface area contributed by atoms with Crippen LogP contribution < -0.4 is 11.3 Å². The summed E-state index contributed by atoms with van der Waals surface area (Å²) in [6.07, 6.45) is -1.48. The summed E-state index contributed by atoms with van der Waals surface area (Å²) >= 11 is 0. The minimum absolute atomic E-state index is 0.293. The minimum atomic E-state index is -2.72. The molecule has 2 N–H and O–H groups in total. The molecule has 16 heavy (non-hydrogen) atoms. The summed E-state index contributed by atoms with van der Waals surface area (Å²) < 4.78 is 28.6. The Labute approximate surface area is 89.4 Å². The maximum atomic E-state index is 11.7. The molecule has 0 saturated carbocycles. The molecule has 1 heterocycles. The molecule has 0 atom stereocenters. The van der Waals surface area contributed by atoms with Crippen molar-refractivity contribution in [1.29, 1.82) is 0 Å². The molecular formula is C9H10F2N2O3. The first-order valence-corrected chi connectivity index (χ1v) is 4.39. The van der Waals surface area contributed by atoms with Crippen molar-refractivity contribution in [3.05, 3.63) is 28.7 Å². The van der Waals surface area contributed by atoms with Crippen LogP contribution >= 0.6 is 0 Å². The summed E-state index contributed by atoms with van der Waals surface area (Å²) in [4.78, 5) is 22.2. The van der Waals surface area contributed by atoms with Gasteiger partial charge in [-0.1, -0.05) is 0 Å². The highest BCUT2D eigenvalue weighted by molar-refractivity contribution is 5.69. The third-order valence-corrected chi connectivity index (χ3v) is 1.68. The van der Waals surface area contributed by atoms with E-state index in [1.54, 1.807) is 0 Å². The summed E-state index contributed by atoms with van der Waals surface area (Å²) in [5.41, 5.74) is 5.23. The second-order valence-corrected chi connectivity index (χ2v) is 3.00. The van der Waals surface area contributed by atoms with Gasteiger partial charge >= 0.3 is 5.97 Å². The van der Waals surface area contributed by atoms with E-state index in [0.717, 1.165) is 4.57 Å². The smallest absolute Gasteiger partial charge is 0.326 e. The molecule has 0 aromatic carbocycles. The summed E-state index contributed by atoms with van der Waals surface area (Å²) in [5.74, 6) is -0.909. The summed E-state index contributed by atoms with van der Waals surface area (Å²) in [5, 5.41) is 0. The van der Waals surface area contributed by atoms with E-state index in [0.29, 0.717) is 5.69 Å². The summed E-state index contributed by atoms with van der Waals surface area (Å²) in [6.45, 7) is -1.41. The molecular weight excluding hydrogens is 222 g/mol. The second kappa shape index (κ2) is 5.24. The van der Waals surface area contributed by atoms with Crippen molar-refractivity contribution in [2.45, 2.75) is 13.0 Å². The molecule has 7 heteroatoms. The topological polar surface area (TPSA) is 74.3 Å². The fourth-order valence-electron chi connectivity index (χ4n) is 1.01. The number of pyridine rings is 1. The Bertz CT molecular complexity index is 431. The van der Waals surface area contributed by atoms with E-state index >= 15 is 0 Å². The van der Waals surface area contributed by atoms with Crippen molar-refractivity contribution in [3.63, 3.8) is 0 Å². The highest BCUT2D eigenvalue weighted by Gasteiger charge is 2.09. The Hall–Kier alpha value is -1.92. The molecule has 1 rings (SSSR count). The zero-order chi connectivity index (χ0) is 12.1. The monoisotopic (exact) mass is 232 g/mol. The number of hydrogen-bond donors (Lipinski definition) is 1. The summed E-state index contributed by atoms with van der Waals surface area (Å²) in [6, 6.07) is 2.55. The molecule has 0 spiro atoms. The van der Waals surface area contributed by atoms with Gasteiger partial charge in [-0.05, 0) is 6.07 Å². The molecule has 0 unspecified atom stereocenters.